The molecule has 1 aliphatic rings. The summed E-state index contributed by atoms with van der Waals surface area (Å²) >= 11 is 2.24. The third-order valence-electron chi connectivity index (χ3n) is 3.56. The van der Waals surface area contributed by atoms with E-state index in [1.54, 1.807) is 0 Å². The molecule has 0 aliphatic carbocycles. The van der Waals surface area contributed by atoms with Crippen LogP contribution in [-0.4, -0.2) is 12.5 Å². The van der Waals surface area contributed by atoms with E-state index in [0.29, 0.717) is 0 Å². The second kappa shape index (κ2) is 5.44. The molecule has 1 amide bonds. The predicted octanol–water partition coefficient (Wildman–Crippen LogP) is 3.47. The SMILES string of the molecule is Nc1ccc2c(c1)CCCN2C(=O)c1ccc(I)cc1. The molecule has 0 unspecified atom stereocenters. The summed E-state index contributed by atoms with van der Waals surface area (Å²) in [5.41, 5.74) is 9.47. The average molecular weight is 378 g/mol. The molecule has 0 aromatic heterocycles. The predicted molar refractivity (Wildman–Crippen MR) is 90.0 cm³/mol. The molecule has 3 nitrogen and oxygen atoms in total. The molecule has 2 aromatic rings. The number of aryl methyl sites for hydroxylation is 1. The van der Waals surface area contributed by atoms with Crippen molar-refractivity contribution in [1.82, 2.24) is 0 Å². The van der Waals surface area contributed by atoms with Crippen LogP contribution in [0.5, 0.6) is 0 Å². The van der Waals surface area contributed by atoms with Crippen LogP contribution in [0.2, 0.25) is 0 Å². The Labute approximate surface area is 131 Å². The molecule has 20 heavy (non-hydrogen) atoms. The van der Waals surface area contributed by atoms with Gasteiger partial charge in [0.2, 0.25) is 0 Å². The number of nitrogens with zero attached hydrogens (tertiary/aromatic N) is 1. The fourth-order valence-electron chi connectivity index (χ4n) is 2.58. The largest absolute Gasteiger partial charge is 0.399 e. The van der Waals surface area contributed by atoms with E-state index in [1.807, 2.05) is 47.4 Å². The summed E-state index contributed by atoms with van der Waals surface area (Å²) in [6, 6.07) is 13.5. The maximum atomic E-state index is 12.7. The highest BCUT2D eigenvalue weighted by Crippen LogP contribution is 2.30. The second-order valence-electron chi connectivity index (χ2n) is 4.96. The van der Waals surface area contributed by atoms with Crippen LogP contribution in [0.15, 0.2) is 42.5 Å². The van der Waals surface area contributed by atoms with Crippen molar-refractivity contribution >= 4 is 39.9 Å². The summed E-state index contributed by atoms with van der Waals surface area (Å²) in [7, 11) is 0. The van der Waals surface area contributed by atoms with Crippen LogP contribution in [0.4, 0.5) is 11.4 Å². The van der Waals surface area contributed by atoms with Crippen LogP contribution < -0.4 is 10.6 Å². The van der Waals surface area contributed by atoms with E-state index >= 15 is 0 Å². The number of amides is 1. The minimum Gasteiger partial charge on any atom is -0.399 e. The van der Waals surface area contributed by atoms with Gasteiger partial charge in [0.1, 0.15) is 0 Å². The molecule has 0 saturated carbocycles. The lowest BCUT2D eigenvalue weighted by molar-refractivity contribution is 0.0985. The summed E-state index contributed by atoms with van der Waals surface area (Å²) in [5.74, 6) is 0.0621. The number of hydrogen-bond acceptors (Lipinski definition) is 2. The number of hydrogen-bond donors (Lipinski definition) is 1. The van der Waals surface area contributed by atoms with Crippen LogP contribution in [0, 0.1) is 3.57 Å². The highest BCUT2D eigenvalue weighted by atomic mass is 127. The molecule has 2 aromatic carbocycles. The van der Waals surface area contributed by atoms with Crippen molar-refractivity contribution in [3.63, 3.8) is 0 Å². The highest BCUT2D eigenvalue weighted by molar-refractivity contribution is 14.1. The Bertz CT molecular complexity index is 652. The Kier molecular flexibility index (Phi) is 3.65. The lowest BCUT2D eigenvalue weighted by Gasteiger charge is -2.29. The summed E-state index contributed by atoms with van der Waals surface area (Å²) in [4.78, 5) is 14.5. The van der Waals surface area contributed by atoms with Gasteiger partial charge in [-0.2, -0.15) is 0 Å². The molecule has 2 N–H and O–H groups in total. The molecule has 0 fully saturated rings. The van der Waals surface area contributed by atoms with Crippen LogP contribution in [0.3, 0.4) is 0 Å². The van der Waals surface area contributed by atoms with Crippen LogP contribution in [0.1, 0.15) is 22.3 Å². The second-order valence-corrected chi connectivity index (χ2v) is 6.20. The topological polar surface area (TPSA) is 46.3 Å². The van der Waals surface area contributed by atoms with E-state index in [2.05, 4.69) is 22.6 Å². The van der Waals surface area contributed by atoms with Gasteiger partial charge < -0.3 is 10.6 Å². The summed E-state index contributed by atoms with van der Waals surface area (Å²) < 4.78 is 1.13. The zero-order valence-corrected chi connectivity index (χ0v) is 13.1. The Morgan fingerprint density at radius 1 is 1.15 bits per heavy atom. The van der Waals surface area contributed by atoms with Gasteiger partial charge in [-0.15, -0.1) is 0 Å². The van der Waals surface area contributed by atoms with Crippen molar-refractivity contribution < 1.29 is 4.79 Å². The number of carbonyl (C=O) groups is 1. The Morgan fingerprint density at radius 3 is 2.65 bits per heavy atom. The first-order valence-corrected chi connectivity index (χ1v) is 7.69. The Balaban J connectivity index is 1.96. The lowest BCUT2D eigenvalue weighted by Crippen LogP contribution is -2.35. The van der Waals surface area contributed by atoms with E-state index in [0.717, 1.165) is 45.5 Å². The van der Waals surface area contributed by atoms with Crippen LogP contribution >= 0.6 is 22.6 Å². The minimum absolute atomic E-state index is 0.0621. The summed E-state index contributed by atoms with van der Waals surface area (Å²) in [6.45, 7) is 0.766. The van der Waals surface area contributed by atoms with Crippen molar-refractivity contribution in [3.8, 4) is 0 Å². The number of anilines is 2. The fraction of sp³-hybridized carbons (Fsp3) is 0.188. The van der Waals surface area contributed by atoms with Gasteiger partial charge in [0.15, 0.2) is 0 Å². The van der Waals surface area contributed by atoms with E-state index in [9.17, 15) is 4.79 Å². The third-order valence-corrected chi connectivity index (χ3v) is 4.28. The molecule has 0 radical (unpaired) electrons. The van der Waals surface area contributed by atoms with Gasteiger partial charge in [0.05, 0.1) is 0 Å². The average Bonchev–Trinajstić information content (AvgIpc) is 2.46. The number of fused-ring (bicyclic) bond motifs is 1. The zero-order chi connectivity index (χ0) is 14.1. The molecule has 0 atom stereocenters. The number of halogens is 1. The first-order valence-electron chi connectivity index (χ1n) is 6.61. The van der Waals surface area contributed by atoms with Crippen molar-refractivity contribution in [2.24, 2.45) is 0 Å². The molecule has 0 saturated heterocycles. The first kappa shape index (κ1) is 13.4. The summed E-state index contributed by atoms with van der Waals surface area (Å²) in [5, 5.41) is 0. The molecular formula is C16H15IN2O. The van der Waals surface area contributed by atoms with E-state index < -0.39 is 0 Å². The molecule has 0 bridgehead atoms. The number of carbonyl (C=O) groups excluding carboxylic acids is 1. The molecular weight excluding hydrogens is 363 g/mol. The van der Waals surface area contributed by atoms with E-state index in [-0.39, 0.29) is 5.91 Å². The van der Waals surface area contributed by atoms with Crippen LogP contribution in [0.25, 0.3) is 0 Å². The quantitative estimate of drug-likeness (QED) is 0.610. The maximum absolute atomic E-state index is 12.7. The van der Waals surface area contributed by atoms with E-state index in [1.165, 1.54) is 0 Å². The maximum Gasteiger partial charge on any atom is 0.258 e. The number of rotatable bonds is 1. The van der Waals surface area contributed by atoms with Crippen molar-refractivity contribution in [1.29, 1.82) is 0 Å². The fourth-order valence-corrected chi connectivity index (χ4v) is 2.94. The molecule has 4 heteroatoms. The number of nitrogens with two attached hydrogens (primary N) is 1. The van der Waals surface area contributed by atoms with Crippen molar-refractivity contribution in [3.05, 3.63) is 57.2 Å². The molecule has 1 heterocycles. The van der Waals surface area contributed by atoms with Crippen LogP contribution in [-0.2, 0) is 6.42 Å². The molecule has 1 aliphatic heterocycles. The molecule has 0 spiro atoms. The molecule has 3 rings (SSSR count). The third kappa shape index (κ3) is 2.52. The normalized spacial score (nSPS) is 13.9. The minimum atomic E-state index is 0.0621. The van der Waals surface area contributed by atoms with Gasteiger partial charge in [-0.3, -0.25) is 4.79 Å². The summed E-state index contributed by atoms with van der Waals surface area (Å²) in [6.07, 6.45) is 1.96. The lowest BCUT2D eigenvalue weighted by atomic mass is 10.00. The number of nitrogen functional groups attached to an aromatic ring is 1. The van der Waals surface area contributed by atoms with Crippen molar-refractivity contribution in [2.45, 2.75) is 12.8 Å². The van der Waals surface area contributed by atoms with Gasteiger partial charge in [0.25, 0.3) is 5.91 Å². The van der Waals surface area contributed by atoms with Gasteiger partial charge in [-0.1, -0.05) is 0 Å². The zero-order valence-electron chi connectivity index (χ0n) is 11.0. The molecule has 102 valence electrons. The monoisotopic (exact) mass is 378 g/mol. The first-order chi connectivity index (χ1) is 9.65. The van der Waals surface area contributed by atoms with Crippen molar-refractivity contribution in [2.75, 3.05) is 17.2 Å². The standard InChI is InChI=1S/C16H15IN2O/c17-13-5-3-11(4-6-13)16(20)19-9-1-2-12-10-14(18)7-8-15(12)19/h3-8,10H,1-2,9,18H2. The Hall–Kier alpha value is -1.56. The van der Waals surface area contributed by atoms with Gasteiger partial charge in [-0.05, 0) is 83.5 Å². The number of benzene rings is 2. The smallest absolute Gasteiger partial charge is 0.258 e. The van der Waals surface area contributed by atoms with Gasteiger partial charge in [-0.25, -0.2) is 0 Å². The van der Waals surface area contributed by atoms with Gasteiger partial charge >= 0.3 is 0 Å². The highest BCUT2D eigenvalue weighted by Gasteiger charge is 2.23. The van der Waals surface area contributed by atoms with E-state index in [4.69, 9.17) is 5.73 Å². The van der Waals surface area contributed by atoms with Gasteiger partial charge in [0, 0.05) is 27.1 Å². The Morgan fingerprint density at radius 2 is 1.90 bits per heavy atom.